The van der Waals surface area contributed by atoms with E-state index >= 15 is 0 Å². The lowest BCUT2D eigenvalue weighted by Crippen LogP contribution is -2.40. The number of amides is 1. The fraction of sp³-hybridized carbons (Fsp3) is 0.375. The summed E-state index contributed by atoms with van der Waals surface area (Å²) in [5.74, 6) is -1.65. The molecule has 1 amide bonds. The summed E-state index contributed by atoms with van der Waals surface area (Å²) >= 11 is 0. The fourth-order valence-corrected chi connectivity index (χ4v) is 2.94. The van der Waals surface area contributed by atoms with Crippen molar-refractivity contribution in [1.82, 2.24) is 10.0 Å². The molecule has 7 nitrogen and oxygen atoms in total. The lowest BCUT2D eigenvalue weighted by atomic mass is 10.1. The van der Waals surface area contributed by atoms with E-state index in [-0.39, 0.29) is 17.0 Å². The Morgan fingerprint density at radius 2 is 1.92 bits per heavy atom. The third-order valence-electron chi connectivity index (χ3n) is 3.29. The zero-order chi connectivity index (χ0) is 18.2. The molecule has 0 saturated heterocycles. The summed E-state index contributed by atoms with van der Waals surface area (Å²) in [4.78, 5) is 23.3. The fourth-order valence-electron chi connectivity index (χ4n) is 1.94. The second-order valence-electron chi connectivity index (χ2n) is 5.17. The van der Waals surface area contributed by atoms with E-state index in [0.29, 0.717) is 12.8 Å². The Hall–Kier alpha value is -2.19. The van der Waals surface area contributed by atoms with Gasteiger partial charge < -0.3 is 10.4 Å². The molecule has 0 radical (unpaired) electrons. The highest BCUT2D eigenvalue weighted by Gasteiger charge is 2.20. The van der Waals surface area contributed by atoms with Crippen LogP contribution < -0.4 is 10.0 Å². The van der Waals surface area contributed by atoms with Gasteiger partial charge in [0, 0.05) is 12.1 Å². The van der Waals surface area contributed by atoms with E-state index in [0.717, 1.165) is 6.42 Å². The molecule has 0 aliphatic carbocycles. The molecule has 3 N–H and O–H groups in total. The number of carbonyl (C=O) groups is 2. The summed E-state index contributed by atoms with van der Waals surface area (Å²) in [5, 5.41) is 11.6. The van der Waals surface area contributed by atoms with Gasteiger partial charge in [-0.25, -0.2) is 17.9 Å². The number of sulfonamides is 1. The molecule has 0 aromatic heterocycles. The van der Waals surface area contributed by atoms with Crippen LogP contribution in [-0.2, 0) is 14.8 Å². The average Bonchev–Trinajstić information content (AvgIpc) is 2.56. The molecule has 8 heteroatoms. The van der Waals surface area contributed by atoms with Gasteiger partial charge >= 0.3 is 5.97 Å². The largest absolute Gasteiger partial charge is 0.480 e. The van der Waals surface area contributed by atoms with Crippen molar-refractivity contribution in [3.05, 3.63) is 42.5 Å². The van der Waals surface area contributed by atoms with Crippen molar-refractivity contribution >= 4 is 21.9 Å². The normalized spacial score (nSPS) is 12.4. The first kappa shape index (κ1) is 19.9. The first-order chi connectivity index (χ1) is 11.3. The van der Waals surface area contributed by atoms with Crippen LogP contribution in [0.4, 0.5) is 0 Å². The average molecular weight is 354 g/mol. The van der Waals surface area contributed by atoms with Gasteiger partial charge in [0.15, 0.2) is 0 Å². The van der Waals surface area contributed by atoms with Crippen LogP contribution in [0.2, 0.25) is 0 Å². The Morgan fingerprint density at radius 1 is 1.29 bits per heavy atom. The molecule has 1 atom stereocenters. The smallest absolute Gasteiger partial charge is 0.326 e. The summed E-state index contributed by atoms with van der Waals surface area (Å²) in [6, 6.07) is 4.31. The van der Waals surface area contributed by atoms with Crippen molar-refractivity contribution in [2.45, 2.75) is 37.1 Å². The number of aliphatic carboxylic acids is 1. The van der Waals surface area contributed by atoms with E-state index in [1.165, 1.54) is 30.3 Å². The van der Waals surface area contributed by atoms with E-state index < -0.39 is 27.9 Å². The van der Waals surface area contributed by atoms with Crippen LogP contribution in [0.1, 0.15) is 36.5 Å². The van der Waals surface area contributed by atoms with Gasteiger partial charge in [-0.2, -0.15) is 0 Å². The second kappa shape index (κ2) is 9.19. The van der Waals surface area contributed by atoms with Crippen molar-refractivity contribution in [2.75, 3.05) is 6.54 Å². The minimum absolute atomic E-state index is 0.0154. The van der Waals surface area contributed by atoms with Gasteiger partial charge in [0.2, 0.25) is 10.0 Å². The van der Waals surface area contributed by atoms with Crippen LogP contribution in [-0.4, -0.2) is 38.0 Å². The molecule has 1 aromatic carbocycles. The van der Waals surface area contributed by atoms with Crippen molar-refractivity contribution in [1.29, 1.82) is 0 Å². The predicted molar refractivity (Wildman–Crippen MR) is 90.2 cm³/mol. The summed E-state index contributed by atoms with van der Waals surface area (Å²) in [7, 11) is -3.66. The molecule has 0 aliphatic heterocycles. The van der Waals surface area contributed by atoms with E-state index in [2.05, 4.69) is 16.6 Å². The number of unbranched alkanes of at least 4 members (excludes halogenated alkanes) is 1. The standard InChI is InChI=1S/C16H22N2O5S/c1-3-5-6-14(16(20)21)18-15(19)12-7-9-13(10-8-12)24(22,23)17-11-4-2/h4,7-10,14,17H,2-3,5-6,11H2,1H3,(H,18,19)(H,20,21)/t14-/m0/s1. The lowest BCUT2D eigenvalue weighted by Gasteiger charge is -2.14. The number of hydrogen-bond acceptors (Lipinski definition) is 4. The quantitative estimate of drug-likeness (QED) is 0.552. The monoisotopic (exact) mass is 354 g/mol. The third-order valence-corrected chi connectivity index (χ3v) is 4.73. The highest BCUT2D eigenvalue weighted by atomic mass is 32.2. The van der Waals surface area contributed by atoms with Gasteiger partial charge in [-0.1, -0.05) is 25.8 Å². The Labute approximate surface area is 141 Å². The molecule has 0 heterocycles. The Balaban J connectivity index is 2.82. The van der Waals surface area contributed by atoms with E-state index in [1.54, 1.807) is 0 Å². The highest BCUT2D eigenvalue weighted by molar-refractivity contribution is 7.89. The molecule has 0 aliphatic rings. The summed E-state index contributed by atoms with van der Waals surface area (Å²) in [5.41, 5.74) is 0.195. The molecule has 0 fully saturated rings. The number of carbonyl (C=O) groups excluding carboxylic acids is 1. The maximum atomic E-state index is 12.1. The number of benzene rings is 1. The molecule has 1 aromatic rings. The number of hydrogen-bond donors (Lipinski definition) is 3. The minimum atomic E-state index is -3.66. The number of carboxylic acid groups (broad SMARTS) is 1. The Kier molecular flexibility index (Phi) is 7.60. The van der Waals surface area contributed by atoms with E-state index in [9.17, 15) is 18.0 Å². The number of carboxylic acids is 1. The Morgan fingerprint density at radius 3 is 2.42 bits per heavy atom. The summed E-state index contributed by atoms with van der Waals surface area (Å²) in [6.45, 7) is 5.46. The molecule has 1 rings (SSSR count). The van der Waals surface area contributed by atoms with Gasteiger partial charge in [0.25, 0.3) is 5.91 Å². The maximum absolute atomic E-state index is 12.1. The van der Waals surface area contributed by atoms with Crippen LogP contribution in [0.5, 0.6) is 0 Å². The molecule has 0 saturated carbocycles. The molecule has 0 spiro atoms. The molecule has 24 heavy (non-hydrogen) atoms. The topological polar surface area (TPSA) is 113 Å². The van der Waals surface area contributed by atoms with Crippen molar-refractivity contribution in [3.63, 3.8) is 0 Å². The van der Waals surface area contributed by atoms with Crippen LogP contribution in [0, 0.1) is 0 Å². The highest BCUT2D eigenvalue weighted by Crippen LogP contribution is 2.11. The first-order valence-electron chi connectivity index (χ1n) is 7.56. The zero-order valence-electron chi connectivity index (χ0n) is 13.5. The van der Waals surface area contributed by atoms with Crippen LogP contribution in [0.3, 0.4) is 0 Å². The van der Waals surface area contributed by atoms with Crippen molar-refractivity contribution in [3.8, 4) is 0 Å². The predicted octanol–water partition coefficient (Wildman–Crippen LogP) is 1.52. The maximum Gasteiger partial charge on any atom is 0.326 e. The second-order valence-corrected chi connectivity index (χ2v) is 6.94. The zero-order valence-corrected chi connectivity index (χ0v) is 14.3. The van der Waals surface area contributed by atoms with Crippen LogP contribution >= 0.6 is 0 Å². The minimum Gasteiger partial charge on any atom is -0.480 e. The van der Waals surface area contributed by atoms with Gasteiger partial charge in [-0.3, -0.25) is 4.79 Å². The Bertz CT molecular complexity index is 683. The van der Waals surface area contributed by atoms with Crippen molar-refractivity contribution in [2.24, 2.45) is 0 Å². The lowest BCUT2D eigenvalue weighted by molar-refractivity contribution is -0.139. The van der Waals surface area contributed by atoms with Gasteiger partial charge in [0.1, 0.15) is 6.04 Å². The van der Waals surface area contributed by atoms with Crippen molar-refractivity contribution < 1.29 is 23.1 Å². The molecular weight excluding hydrogens is 332 g/mol. The summed E-state index contributed by atoms with van der Waals surface area (Å²) in [6.07, 6.45) is 3.27. The third kappa shape index (κ3) is 5.78. The van der Waals surface area contributed by atoms with E-state index in [1.807, 2.05) is 6.92 Å². The molecule has 132 valence electrons. The summed E-state index contributed by atoms with van der Waals surface area (Å²) < 4.78 is 26.2. The van der Waals surface area contributed by atoms with Gasteiger partial charge in [-0.15, -0.1) is 6.58 Å². The molecular formula is C16H22N2O5S. The van der Waals surface area contributed by atoms with E-state index in [4.69, 9.17) is 5.11 Å². The number of rotatable bonds is 10. The van der Waals surface area contributed by atoms with Crippen LogP contribution in [0.15, 0.2) is 41.8 Å². The van der Waals surface area contributed by atoms with Crippen LogP contribution in [0.25, 0.3) is 0 Å². The molecule has 0 bridgehead atoms. The number of nitrogens with one attached hydrogen (secondary N) is 2. The van der Waals surface area contributed by atoms with Gasteiger partial charge in [-0.05, 0) is 30.7 Å². The molecule has 0 unspecified atom stereocenters. The van der Waals surface area contributed by atoms with Gasteiger partial charge in [0.05, 0.1) is 4.90 Å². The first-order valence-corrected chi connectivity index (χ1v) is 9.04. The SMILES string of the molecule is C=CCNS(=O)(=O)c1ccc(C(=O)N[C@@H](CCCC)C(=O)O)cc1.